The molecule has 2 aromatic carbocycles. The van der Waals surface area contributed by atoms with Crippen LogP contribution in [0, 0.1) is 11.3 Å². The van der Waals surface area contributed by atoms with E-state index in [1.54, 1.807) is 12.1 Å². The van der Waals surface area contributed by atoms with Crippen molar-refractivity contribution >= 4 is 0 Å². The van der Waals surface area contributed by atoms with Gasteiger partial charge in [0.25, 0.3) is 0 Å². The number of hydrogen-bond donors (Lipinski definition) is 0. The van der Waals surface area contributed by atoms with Crippen molar-refractivity contribution in [2.45, 2.75) is 6.61 Å². The maximum atomic E-state index is 8.74. The average molecular weight is 277 g/mol. The highest BCUT2D eigenvalue weighted by atomic mass is 16.5. The third-order valence-electron chi connectivity index (χ3n) is 2.95. The Kier molecular flexibility index (Phi) is 3.61. The second-order valence-electron chi connectivity index (χ2n) is 4.37. The topological polar surface area (TPSA) is 71.9 Å². The quantitative estimate of drug-likeness (QED) is 0.732. The highest BCUT2D eigenvalue weighted by Crippen LogP contribution is 2.20. The molecule has 0 fully saturated rings. The first-order chi connectivity index (χ1) is 10.3. The van der Waals surface area contributed by atoms with E-state index in [0.29, 0.717) is 18.1 Å². The van der Waals surface area contributed by atoms with Crippen LogP contribution < -0.4 is 4.74 Å². The third kappa shape index (κ3) is 3.07. The van der Waals surface area contributed by atoms with Crippen LogP contribution in [-0.4, -0.2) is 10.2 Å². The fourth-order valence-electron chi connectivity index (χ4n) is 1.83. The number of rotatable bonds is 4. The number of nitrogens with zero attached hydrogens (tertiary/aromatic N) is 3. The molecular formula is C16H11N3O2. The SMILES string of the molecule is N#Cc1ccc(COc2ccc(-c3nnco3)cc2)cc1. The Hall–Kier alpha value is -3.13. The lowest BCUT2D eigenvalue weighted by Crippen LogP contribution is -1.95. The first-order valence-corrected chi connectivity index (χ1v) is 6.33. The molecule has 0 radical (unpaired) electrons. The molecule has 21 heavy (non-hydrogen) atoms. The average Bonchev–Trinajstić information content (AvgIpc) is 3.08. The number of hydrogen-bond acceptors (Lipinski definition) is 5. The summed E-state index contributed by atoms with van der Waals surface area (Å²) in [6, 6.07) is 16.8. The molecular weight excluding hydrogens is 266 g/mol. The van der Waals surface area contributed by atoms with Crippen molar-refractivity contribution in [3.63, 3.8) is 0 Å². The van der Waals surface area contributed by atoms with Crippen molar-refractivity contribution in [2.75, 3.05) is 0 Å². The molecule has 0 amide bonds. The van der Waals surface area contributed by atoms with Crippen LogP contribution in [-0.2, 0) is 6.61 Å². The van der Waals surface area contributed by atoms with Crippen LogP contribution in [0.2, 0.25) is 0 Å². The van der Waals surface area contributed by atoms with Crippen LogP contribution in [0.25, 0.3) is 11.5 Å². The predicted octanol–water partition coefficient (Wildman–Crippen LogP) is 3.19. The predicted molar refractivity (Wildman–Crippen MR) is 75.2 cm³/mol. The second-order valence-corrected chi connectivity index (χ2v) is 4.37. The van der Waals surface area contributed by atoms with Gasteiger partial charge in [-0.2, -0.15) is 5.26 Å². The van der Waals surface area contributed by atoms with Crippen molar-refractivity contribution in [1.29, 1.82) is 5.26 Å². The van der Waals surface area contributed by atoms with Crippen LogP contribution in [0.1, 0.15) is 11.1 Å². The summed E-state index contributed by atoms with van der Waals surface area (Å²) in [6.45, 7) is 0.450. The smallest absolute Gasteiger partial charge is 0.247 e. The Balaban J connectivity index is 1.64. The van der Waals surface area contributed by atoms with Crippen molar-refractivity contribution in [2.24, 2.45) is 0 Å². The number of benzene rings is 2. The molecule has 3 aromatic rings. The zero-order chi connectivity index (χ0) is 14.5. The molecule has 0 spiro atoms. The van der Waals surface area contributed by atoms with Crippen molar-refractivity contribution < 1.29 is 9.15 Å². The maximum absolute atomic E-state index is 8.74. The zero-order valence-electron chi connectivity index (χ0n) is 11.1. The van der Waals surface area contributed by atoms with Gasteiger partial charge in [-0.3, -0.25) is 0 Å². The Bertz CT molecular complexity index is 742. The van der Waals surface area contributed by atoms with Gasteiger partial charge in [0.15, 0.2) is 0 Å². The molecule has 3 rings (SSSR count). The molecule has 0 atom stereocenters. The summed E-state index contributed by atoms with van der Waals surface area (Å²) in [7, 11) is 0. The molecule has 0 unspecified atom stereocenters. The molecule has 0 bridgehead atoms. The zero-order valence-corrected chi connectivity index (χ0v) is 11.1. The fourth-order valence-corrected chi connectivity index (χ4v) is 1.83. The minimum absolute atomic E-state index is 0.450. The normalized spacial score (nSPS) is 10.0. The van der Waals surface area contributed by atoms with E-state index in [9.17, 15) is 0 Å². The van der Waals surface area contributed by atoms with Crippen LogP contribution >= 0.6 is 0 Å². The van der Waals surface area contributed by atoms with E-state index in [0.717, 1.165) is 16.9 Å². The minimum atomic E-state index is 0.450. The molecule has 1 aromatic heterocycles. The van der Waals surface area contributed by atoms with Crippen LogP contribution in [0.4, 0.5) is 0 Å². The number of nitriles is 1. The third-order valence-corrected chi connectivity index (χ3v) is 2.95. The molecule has 5 nitrogen and oxygen atoms in total. The highest BCUT2D eigenvalue weighted by molar-refractivity contribution is 5.53. The summed E-state index contributed by atoms with van der Waals surface area (Å²) >= 11 is 0. The lowest BCUT2D eigenvalue weighted by molar-refractivity contribution is 0.306. The van der Waals surface area contributed by atoms with Crippen LogP contribution in [0.3, 0.4) is 0 Å². The number of aromatic nitrogens is 2. The summed E-state index contributed by atoms with van der Waals surface area (Å²) in [6.07, 6.45) is 1.30. The van der Waals surface area contributed by atoms with Crippen LogP contribution in [0.15, 0.2) is 59.3 Å². The van der Waals surface area contributed by atoms with Gasteiger partial charge in [0.2, 0.25) is 12.3 Å². The molecule has 0 aliphatic heterocycles. The molecule has 5 heteroatoms. The molecule has 0 saturated heterocycles. The van der Waals surface area contributed by atoms with E-state index >= 15 is 0 Å². The maximum Gasteiger partial charge on any atom is 0.247 e. The largest absolute Gasteiger partial charge is 0.489 e. The minimum Gasteiger partial charge on any atom is -0.489 e. The van der Waals surface area contributed by atoms with Gasteiger partial charge in [0.1, 0.15) is 12.4 Å². The van der Waals surface area contributed by atoms with E-state index in [1.807, 2.05) is 36.4 Å². The Labute approximate surface area is 121 Å². The lowest BCUT2D eigenvalue weighted by atomic mass is 10.1. The van der Waals surface area contributed by atoms with Crippen molar-refractivity contribution in [3.8, 4) is 23.3 Å². The molecule has 1 heterocycles. The Morgan fingerprint density at radius 3 is 2.43 bits per heavy atom. The van der Waals surface area contributed by atoms with Gasteiger partial charge in [-0.05, 0) is 42.0 Å². The lowest BCUT2D eigenvalue weighted by Gasteiger charge is -2.06. The van der Waals surface area contributed by atoms with Gasteiger partial charge in [-0.1, -0.05) is 12.1 Å². The monoisotopic (exact) mass is 277 g/mol. The van der Waals surface area contributed by atoms with E-state index in [2.05, 4.69) is 16.3 Å². The summed E-state index contributed by atoms with van der Waals surface area (Å²) in [5.74, 6) is 1.23. The first-order valence-electron chi connectivity index (χ1n) is 6.33. The van der Waals surface area contributed by atoms with E-state index in [1.165, 1.54) is 6.39 Å². The standard InChI is InChI=1S/C16H11N3O2/c17-9-12-1-3-13(4-2-12)10-20-15-7-5-14(6-8-15)16-19-18-11-21-16/h1-8,11H,10H2. The highest BCUT2D eigenvalue weighted by Gasteiger charge is 2.03. The first kappa shape index (κ1) is 12.9. The summed E-state index contributed by atoms with van der Waals surface area (Å²) in [5.41, 5.74) is 2.50. The van der Waals surface area contributed by atoms with Crippen molar-refractivity contribution in [3.05, 3.63) is 66.1 Å². The Morgan fingerprint density at radius 2 is 1.81 bits per heavy atom. The summed E-state index contributed by atoms with van der Waals surface area (Å²) in [4.78, 5) is 0. The van der Waals surface area contributed by atoms with Gasteiger partial charge >= 0.3 is 0 Å². The Morgan fingerprint density at radius 1 is 1.05 bits per heavy atom. The van der Waals surface area contributed by atoms with Gasteiger partial charge in [-0.15, -0.1) is 10.2 Å². The summed E-state index contributed by atoms with van der Waals surface area (Å²) in [5, 5.41) is 16.2. The van der Waals surface area contributed by atoms with Crippen LogP contribution in [0.5, 0.6) is 5.75 Å². The second kappa shape index (κ2) is 5.88. The molecule has 0 N–H and O–H groups in total. The molecule has 0 aliphatic carbocycles. The number of ether oxygens (including phenoxy) is 1. The van der Waals surface area contributed by atoms with Gasteiger partial charge in [0, 0.05) is 5.56 Å². The molecule has 102 valence electrons. The fraction of sp³-hybridized carbons (Fsp3) is 0.0625. The van der Waals surface area contributed by atoms with E-state index in [4.69, 9.17) is 14.4 Å². The van der Waals surface area contributed by atoms with E-state index in [-0.39, 0.29) is 0 Å². The molecule has 0 saturated carbocycles. The molecule has 0 aliphatic rings. The van der Waals surface area contributed by atoms with Crippen molar-refractivity contribution in [1.82, 2.24) is 10.2 Å². The summed E-state index contributed by atoms with van der Waals surface area (Å²) < 4.78 is 10.8. The van der Waals surface area contributed by atoms with Gasteiger partial charge < -0.3 is 9.15 Å². The van der Waals surface area contributed by atoms with Gasteiger partial charge in [-0.25, -0.2) is 0 Å². The van der Waals surface area contributed by atoms with Gasteiger partial charge in [0.05, 0.1) is 11.6 Å². The van der Waals surface area contributed by atoms with E-state index < -0.39 is 0 Å².